The van der Waals surface area contributed by atoms with Crippen LogP contribution in [0.1, 0.15) is 6.42 Å². The summed E-state index contributed by atoms with van der Waals surface area (Å²) in [4.78, 5) is 4.10. The summed E-state index contributed by atoms with van der Waals surface area (Å²) in [5.41, 5.74) is 0. The van der Waals surface area contributed by atoms with E-state index in [1.54, 1.807) is 6.20 Å². The van der Waals surface area contributed by atoms with E-state index < -0.39 is 0 Å². The largest absolute Gasteiger partial charge is 0.477 e. The van der Waals surface area contributed by atoms with E-state index in [2.05, 4.69) is 10.3 Å². The molecule has 1 atom stereocenters. The molecule has 1 fully saturated rings. The summed E-state index contributed by atoms with van der Waals surface area (Å²) >= 11 is 0. The molecule has 1 saturated heterocycles. The summed E-state index contributed by atoms with van der Waals surface area (Å²) < 4.78 is 5.54. The van der Waals surface area contributed by atoms with Crippen molar-refractivity contribution in [1.82, 2.24) is 10.3 Å². The molecule has 1 aromatic rings. The normalized spacial score (nSPS) is 21.7. The number of pyridine rings is 1. The second-order valence-electron chi connectivity index (χ2n) is 3.34. The van der Waals surface area contributed by atoms with Gasteiger partial charge in [-0.1, -0.05) is 6.07 Å². The Bertz CT molecular complexity index is 244. The van der Waals surface area contributed by atoms with Gasteiger partial charge in [-0.05, 0) is 19.0 Å². The highest BCUT2D eigenvalue weighted by Gasteiger charge is 2.14. The molecule has 1 aromatic heterocycles. The number of rotatable bonds is 3. The van der Waals surface area contributed by atoms with Gasteiger partial charge in [-0.15, -0.1) is 0 Å². The molecule has 0 spiro atoms. The van der Waals surface area contributed by atoms with Gasteiger partial charge in [-0.3, -0.25) is 0 Å². The van der Waals surface area contributed by atoms with Gasteiger partial charge in [0.2, 0.25) is 5.88 Å². The molecule has 1 N–H and O–H groups in total. The Kier molecular flexibility index (Phi) is 2.77. The maximum Gasteiger partial charge on any atom is 0.213 e. The molecule has 3 nitrogen and oxygen atoms in total. The molecule has 0 unspecified atom stereocenters. The Morgan fingerprint density at radius 2 is 2.54 bits per heavy atom. The van der Waals surface area contributed by atoms with Gasteiger partial charge in [-0.2, -0.15) is 0 Å². The number of hydrogen-bond donors (Lipinski definition) is 1. The molecule has 0 saturated carbocycles. The molecule has 0 bridgehead atoms. The summed E-state index contributed by atoms with van der Waals surface area (Å²) in [7, 11) is 0. The first-order valence-electron chi connectivity index (χ1n) is 4.70. The van der Waals surface area contributed by atoms with Crippen LogP contribution in [-0.4, -0.2) is 24.7 Å². The Hall–Kier alpha value is -1.09. The number of hydrogen-bond acceptors (Lipinski definition) is 3. The van der Waals surface area contributed by atoms with E-state index in [4.69, 9.17) is 4.74 Å². The van der Waals surface area contributed by atoms with Crippen LogP contribution in [0.15, 0.2) is 24.4 Å². The van der Waals surface area contributed by atoms with E-state index >= 15 is 0 Å². The molecule has 1 aliphatic rings. The molecule has 2 heterocycles. The average molecular weight is 178 g/mol. The first-order valence-corrected chi connectivity index (χ1v) is 4.70. The predicted octanol–water partition coefficient (Wildman–Crippen LogP) is 1.07. The molecule has 13 heavy (non-hydrogen) atoms. The average Bonchev–Trinajstić information content (AvgIpc) is 2.69. The highest BCUT2D eigenvalue weighted by molar-refractivity contribution is 5.09. The smallest absolute Gasteiger partial charge is 0.213 e. The summed E-state index contributed by atoms with van der Waals surface area (Å²) in [6.45, 7) is 2.98. The zero-order valence-electron chi connectivity index (χ0n) is 7.57. The van der Waals surface area contributed by atoms with Crippen molar-refractivity contribution in [3.8, 4) is 5.88 Å². The van der Waals surface area contributed by atoms with Crippen molar-refractivity contribution in [1.29, 1.82) is 0 Å². The van der Waals surface area contributed by atoms with Gasteiger partial charge in [-0.25, -0.2) is 4.98 Å². The van der Waals surface area contributed by atoms with Crippen molar-refractivity contribution < 1.29 is 4.74 Å². The lowest BCUT2D eigenvalue weighted by Crippen LogP contribution is -2.15. The lowest BCUT2D eigenvalue weighted by molar-refractivity contribution is 0.251. The highest BCUT2D eigenvalue weighted by Crippen LogP contribution is 2.10. The van der Waals surface area contributed by atoms with E-state index in [-0.39, 0.29) is 0 Å². The SMILES string of the molecule is c1ccc(OC[C@@H]2CCNC2)nc1. The topological polar surface area (TPSA) is 34.1 Å². The van der Waals surface area contributed by atoms with Gasteiger partial charge in [0.25, 0.3) is 0 Å². The minimum atomic E-state index is 0.655. The van der Waals surface area contributed by atoms with Gasteiger partial charge in [0.05, 0.1) is 6.61 Å². The van der Waals surface area contributed by atoms with Crippen LogP contribution in [0.4, 0.5) is 0 Å². The summed E-state index contributed by atoms with van der Waals surface area (Å²) in [5, 5.41) is 3.31. The van der Waals surface area contributed by atoms with Gasteiger partial charge >= 0.3 is 0 Å². The summed E-state index contributed by atoms with van der Waals surface area (Å²) in [6, 6.07) is 5.72. The van der Waals surface area contributed by atoms with Crippen LogP contribution >= 0.6 is 0 Å². The molecule has 3 heteroatoms. The third-order valence-corrected chi connectivity index (χ3v) is 2.27. The van der Waals surface area contributed by atoms with E-state index in [1.807, 2.05) is 18.2 Å². The fourth-order valence-electron chi connectivity index (χ4n) is 1.49. The van der Waals surface area contributed by atoms with Crippen LogP contribution in [0.2, 0.25) is 0 Å². The molecular formula is C10H14N2O. The standard InChI is InChI=1S/C10H14N2O/c1-2-5-12-10(3-1)13-8-9-4-6-11-7-9/h1-3,5,9,11H,4,6-8H2/t9-/m1/s1. The highest BCUT2D eigenvalue weighted by atomic mass is 16.5. The molecular weight excluding hydrogens is 164 g/mol. The summed E-state index contributed by atoms with van der Waals surface area (Å²) in [5.74, 6) is 1.39. The molecule has 2 rings (SSSR count). The van der Waals surface area contributed by atoms with Crippen molar-refractivity contribution in [2.24, 2.45) is 5.92 Å². The Morgan fingerprint density at radius 1 is 1.54 bits per heavy atom. The monoisotopic (exact) mass is 178 g/mol. The molecule has 0 aromatic carbocycles. The van der Waals surface area contributed by atoms with Crippen LogP contribution in [0, 0.1) is 5.92 Å². The van der Waals surface area contributed by atoms with Crippen molar-refractivity contribution in [2.75, 3.05) is 19.7 Å². The maximum atomic E-state index is 5.54. The van der Waals surface area contributed by atoms with E-state index in [9.17, 15) is 0 Å². The Labute approximate surface area is 78.1 Å². The summed E-state index contributed by atoms with van der Waals surface area (Å²) in [6.07, 6.45) is 2.97. The second-order valence-corrected chi connectivity index (χ2v) is 3.34. The first-order chi connectivity index (χ1) is 6.45. The Morgan fingerprint density at radius 3 is 3.23 bits per heavy atom. The van der Waals surface area contributed by atoms with E-state index in [0.717, 1.165) is 25.6 Å². The van der Waals surface area contributed by atoms with Crippen LogP contribution in [0.3, 0.4) is 0 Å². The van der Waals surface area contributed by atoms with Crippen molar-refractivity contribution >= 4 is 0 Å². The van der Waals surface area contributed by atoms with Crippen LogP contribution in [0.5, 0.6) is 5.88 Å². The molecule has 0 aliphatic carbocycles. The molecule has 1 aliphatic heterocycles. The Balaban J connectivity index is 1.79. The zero-order chi connectivity index (χ0) is 8.93. The van der Waals surface area contributed by atoms with Gasteiger partial charge < -0.3 is 10.1 Å². The van der Waals surface area contributed by atoms with E-state index in [0.29, 0.717) is 5.92 Å². The molecule has 70 valence electrons. The third-order valence-electron chi connectivity index (χ3n) is 2.27. The number of nitrogens with zero attached hydrogens (tertiary/aromatic N) is 1. The minimum Gasteiger partial charge on any atom is -0.477 e. The lowest BCUT2D eigenvalue weighted by Gasteiger charge is -2.09. The van der Waals surface area contributed by atoms with Gasteiger partial charge in [0.1, 0.15) is 0 Å². The predicted molar refractivity (Wildman–Crippen MR) is 50.7 cm³/mol. The third kappa shape index (κ3) is 2.42. The van der Waals surface area contributed by atoms with E-state index in [1.165, 1.54) is 6.42 Å². The maximum absolute atomic E-state index is 5.54. The fourth-order valence-corrected chi connectivity index (χ4v) is 1.49. The molecule has 0 amide bonds. The number of aromatic nitrogens is 1. The van der Waals surface area contributed by atoms with Crippen LogP contribution in [-0.2, 0) is 0 Å². The fraction of sp³-hybridized carbons (Fsp3) is 0.500. The van der Waals surface area contributed by atoms with Gasteiger partial charge in [0, 0.05) is 24.7 Å². The van der Waals surface area contributed by atoms with Crippen LogP contribution < -0.4 is 10.1 Å². The van der Waals surface area contributed by atoms with Crippen molar-refractivity contribution in [2.45, 2.75) is 6.42 Å². The zero-order valence-corrected chi connectivity index (χ0v) is 7.57. The minimum absolute atomic E-state index is 0.655. The first kappa shape index (κ1) is 8.51. The lowest BCUT2D eigenvalue weighted by atomic mass is 10.1. The van der Waals surface area contributed by atoms with Crippen LogP contribution in [0.25, 0.3) is 0 Å². The number of nitrogens with one attached hydrogen (secondary N) is 1. The van der Waals surface area contributed by atoms with Crippen molar-refractivity contribution in [3.05, 3.63) is 24.4 Å². The second kappa shape index (κ2) is 4.23. The number of ether oxygens (including phenoxy) is 1. The molecule has 0 radical (unpaired) electrons. The quantitative estimate of drug-likeness (QED) is 0.751. The van der Waals surface area contributed by atoms with Gasteiger partial charge in [0.15, 0.2) is 0 Å². The van der Waals surface area contributed by atoms with Crippen molar-refractivity contribution in [3.63, 3.8) is 0 Å².